The number of amides is 1. The molecule has 36 heavy (non-hydrogen) atoms. The van der Waals surface area contributed by atoms with Crippen molar-refractivity contribution in [1.82, 2.24) is 19.9 Å². The van der Waals surface area contributed by atoms with E-state index >= 15 is 0 Å². The van der Waals surface area contributed by atoms with Crippen LogP contribution in [0.4, 0.5) is 16.8 Å². The van der Waals surface area contributed by atoms with Crippen molar-refractivity contribution in [3.05, 3.63) is 57.9 Å². The van der Waals surface area contributed by atoms with Crippen molar-refractivity contribution in [2.75, 3.05) is 29.5 Å². The molecule has 0 unspecified atom stereocenters. The number of nitrogens with zero attached hydrogens (tertiary/aromatic N) is 5. The van der Waals surface area contributed by atoms with Crippen molar-refractivity contribution in [3.8, 4) is 0 Å². The number of anilines is 3. The molecule has 3 aromatic rings. The van der Waals surface area contributed by atoms with Crippen molar-refractivity contribution in [1.29, 1.82) is 0 Å². The Morgan fingerprint density at radius 1 is 1.11 bits per heavy atom. The molecule has 1 aliphatic carbocycles. The lowest BCUT2D eigenvalue weighted by Crippen LogP contribution is -2.51. The minimum Gasteiger partial charge on any atom is -0.382 e. The lowest BCUT2D eigenvalue weighted by Gasteiger charge is -2.42. The molecule has 6 rings (SSSR count). The fourth-order valence-corrected chi connectivity index (χ4v) is 7.04. The number of carbonyl (C=O) groups is 1. The predicted molar refractivity (Wildman–Crippen MR) is 142 cm³/mol. The average molecular weight is 505 g/mol. The molecular weight excluding hydrogens is 472 g/mol. The molecule has 0 bridgehead atoms. The Kier molecular flexibility index (Phi) is 5.24. The number of piperidine rings is 1. The Morgan fingerprint density at radius 2 is 1.86 bits per heavy atom. The predicted octanol–water partition coefficient (Wildman–Crippen LogP) is 2.92. The normalized spacial score (nSPS) is 21.9. The van der Waals surface area contributed by atoms with E-state index in [1.165, 1.54) is 22.5 Å². The van der Waals surface area contributed by atoms with E-state index in [9.17, 15) is 4.79 Å². The standard InChI is InChI=1S/C26H32N8OS/c1-25(2)12-17-18(36-24(29)31-17)14-34(25)23(35)20-22(28)32-19(13-30-20)33-9-7-26(8-10-33)11-15-5-3-4-6-16(15)21(26)27/h3-6,13,21H,7-12,14,27H2,1-2H3,(H2,28,32)(H2,29,31)/t21-/m1/s1. The first kappa shape index (κ1) is 23.2. The van der Waals surface area contributed by atoms with Crippen LogP contribution in [0.1, 0.15) is 64.9 Å². The molecule has 3 aliphatic rings. The summed E-state index contributed by atoms with van der Waals surface area (Å²) in [4.78, 5) is 32.1. The molecule has 1 spiro atoms. The number of nitrogens with two attached hydrogens (primary N) is 3. The van der Waals surface area contributed by atoms with Crippen LogP contribution >= 0.6 is 11.3 Å². The number of nitrogen functional groups attached to an aromatic ring is 2. The molecule has 1 amide bonds. The van der Waals surface area contributed by atoms with Gasteiger partial charge >= 0.3 is 0 Å². The van der Waals surface area contributed by atoms with Crippen molar-refractivity contribution in [2.45, 2.75) is 57.7 Å². The van der Waals surface area contributed by atoms with E-state index in [-0.39, 0.29) is 28.9 Å². The number of benzene rings is 1. The second-order valence-electron chi connectivity index (χ2n) is 11.0. The van der Waals surface area contributed by atoms with E-state index in [2.05, 4.69) is 44.1 Å². The first-order chi connectivity index (χ1) is 17.2. The van der Waals surface area contributed by atoms with Crippen LogP contribution < -0.4 is 22.1 Å². The topological polar surface area (TPSA) is 140 Å². The van der Waals surface area contributed by atoms with Crippen LogP contribution in [0.3, 0.4) is 0 Å². The first-order valence-corrected chi connectivity index (χ1v) is 13.3. The largest absolute Gasteiger partial charge is 0.382 e. The van der Waals surface area contributed by atoms with Gasteiger partial charge in [-0.1, -0.05) is 24.3 Å². The molecule has 4 heterocycles. The summed E-state index contributed by atoms with van der Waals surface area (Å²) in [6.07, 6.45) is 5.30. The maximum absolute atomic E-state index is 13.5. The molecule has 1 saturated heterocycles. The second kappa shape index (κ2) is 8.14. The van der Waals surface area contributed by atoms with Crippen LogP contribution in [-0.4, -0.2) is 44.4 Å². The zero-order valence-electron chi connectivity index (χ0n) is 20.7. The second-order valence-corrected chi connectivity index (χ2v) is 12.1. The van der Waals surface area contributed by atoms with E-state index in [4.69, 9.17) is 17.2 Å². The van der Waals surface area contributed by atoms with Crippen LogP contribution in [-0.2, 0) is 19.4 Å². The third-order valence-electron chi connectivity index (χ3n) is 8.34. The van der Waals surface area contributed by atoms with Crippen molar-refractivity contribution in [3.63, 3.8) is 0 Å². The Balaban J connectivity index is 1.18. The monoisotopic (exact) mass is 504 g/mol. The van der Waals surface area contributed by atoms with Crippen LogP contribution in [0.2, 0.25) is 0 Å². The number of fused-ring (bicyclic) bond motifs is 2. The number of carbonyl (C=O) groups excluding carboxylic acids is 1. The van der Waals surface area contributed by atoms with Crippen molar-refractivity contribution < 1.29 is 4.79 Å². The first-order valence-electron chi connectivity index (χ1n) is 12.4. The number of hydrogen-bond acceptors (Lipinski definition) is 9. The van der Waals surface area contributed by atoms with Gasteiger partial charge in [-0.05, 0) is 49.7 Å². The minimum atomic E-state index is -0.434. The van der Waals surface area contributed by atoms with Gasteiger partial charge in [-0.2, -0.15) is 0 Å². The molecule has 0 saturated carbocycles. The molecule has 1 aromatic carbocycles. The van der Waals surface area contributed by atoms with E-state index < -0.39 is 5.54 Å². The summed E-state index contributed by atoms with van der Waals surface area (Å²) in [7, 11) is 0. The third-order valence-corrected chi connectivity index (χ3v) is 9.25. The molecule has 0 radical (unpaired) electrons. The highest BCUT2D eigenvalue weighted by atomic mass is 32.1. The van der Waals surface area contributed by atoms with Gasteiger partial charge in [0.15, 0.2) is 16.6 Å². The molecule has 6 N–H and O–H groups in total. The third kappa shape index (κ3) is 3.62. The summed E-state index contributed by atoms with van der Waals surface area (Å²) in [5, 5.41) is 0.527. The van der Waals surface area contributed by atoms with Crippen LogP contribution in [0.25, 0.3) is 0 Å². The van der Waals surface area contributed by atoms with Gasteiger partial charge in [0.05, 0.1) is 18.4 Å². The zero-order chi connectivity index (χ0) is 25.2. The van der Waals surface area contributed by atoms with Crippen LogP contribution in [0.5, 0.6) is 0 Å². The van der Waals surface area contributed by atoms with Crippen LogP contribution in [0, 0.1) is 5.41 Å². The molecule has 188 valence electrons. The van der Waals surface area contributed by atoms with Gasteiger partial charge in [0, 0.05) is 36.0 Å². The fourth-order valence-electron chi connectivity index (χ4n) is 6.20. The van der Waals surface area contributed by atoms with Gasteiger partial charge in [0.1, 0.15) is 5.82 Å². The van der Waals surface area contributed by atoms with Gasteiger partial charge < -0.3 is 27.0 Å². The minimum absolute atomic E-state index is 0.0642. The molecule has 9 nitrogen and oxygen atoms in total. The Bertz CT molecular complexity index is 1340. The van der Waals surface area contributed by atoms with Gasteiger partial charge in [-0.15, -0.1) is 11.3 Å². The summed E-state index contributed by atoms with van der Waals surface area (Å²) in [6.45, 7) is 6.15. The molecule has 2 aromatic heterocycles. The van der Waals surface area contributed by atoms with Gasteiger partial charge in [-0.25, -0.2) is 15.0 Å². The molecular formula is C26H32N8OS. The van der Waals surface area contributed by atoms with Crippen molar-refractivity contribution >= 4 is 34.0 Å². The Morgan fingerprint density at radius 3 is 2.58 bits per heavy atom. The maximum Gasteiger partial charge on any atom is 0.277 e. The van der Waals surface area contributed by atoms with Gasteiger partial charge in [0.25, 0.3) is 5.91 Å². The highest BCUT2D eigenvalue weighted by Crippen LogP contribution is 2.51. The van der Waals surface area contributed by atoms with Crippen LogP contribution in [0.15, 0.2) is 30.5 Å². The number of thiazole rings is 1. The molecule has 1 atom stereocenters. The zero-order valence-corrected chi connectivity index (χ0v) is 21.5. The molecule has 10 heteroatoms. The van der Waals surface area contributed by atoms with E-state index in [0.29, 0.717) is 23.9 Å². The maximum atomic E-state index is 13.5. The number of aromatic nitrogens is 3. The average Bonchev–Trinajstić information content (AvgIpc) is 3.33. The molecule has 1 fully saturated rings. The SMILES string of the molecule is CC1(C)Cc2nc(N)sc2CN1C(=O)c1ncc(N2CCC3(CC2)Cc2ccccc2[C@H]3N)nc1N. The highest BCUT2D eigenvalue weighted by Gasteiger charge is 2.46. The number of rotatable bonds is 2. The smallest absolute Gasteiger partial charge is 0.277 e. The number of hydrogen-bond donors (Lipinski definition) is 3. The van der Waals surface area contributed by atoms with Gasteiger partial charge in [-0.3, -0.25) is 4.79 Å². The summed E-state index contributed by atoms with van der Waals surface area (Å²) < 4.78 is 0. The summed E-state index contributed by atoms with van der Waals surface area (Å²) in [6, 6.07) is 8.60. The van der Waals surface area contributed by atoms with Crippen molar-refractivity contribution in [2.24, 2.45) is 11.1 Å². The van der Waals surface area contributed by atoms with E-state index in [1.807, 2.05) is 13.8 Å². The summed E-state index contributed by atoms with van der Waals surface area (Å²) >= 11 is 1.43. The molecule has 2 aliphatic heterocycles. The van der Waals surface area contributed by atoms with E-state index in [1.54, 1.807) is 11.1 Å². The quantitative estimate of drug-likeness (QED) is 0.484. The lowest BCUT2D eigenvalue weighted by molar-refractivity contribution is 0.0485. The fraction of sp³-hybridized carbons (Fsp3) is 0.462. The lowest BCUT2D eigenvalue weighted by atomic mass is 9.73. The van der Waals surface area contributed by atoms with Gasteiger partial charge in [0.2, 0.25) is 0 Å². The summed E-state index contributed by atoms with van der Waals surface area (Å²) in [5.41, 5.74) is 22.4. The Hall–Kier alpha value is -3.24. The Labute approximate surface area is 214 Å². The summed E-state index contributed by atoms with van der Waals surface area (Å²) in [5.74, 6) is 0.646. The highest BCUT2D eigenvalue weighted by molar-refractivity contribution is 7.15. The van der Waals surface area contributed by atoms with E-state index in [0.717, 1.165) is 42.9 Å².